The molecule has 0 aliphatic carbocycles. The minimum Gasteiger partial charge on any atom is -0.493 e. The number of hydrogen-bond acceptors (Lipinski definition) is 6. The fourth-order valence-corrected chi connectivity index (χ4v) is 4.38. The molecule has 3 heterocycles. The molecule has 0 radical (unpaired) electrons. The van der Waals surface area contributed by atoms with Crippen LogP contribution in [0.15, 0.2) is 24.3 Å². The van der Waals surface area contributed by atoms with Crippen LogP contribution in [0.5, 0.6) is 5.75 Å². The summed E-state index contributed by atoms with van der Waals surface area (Å²) in [4.78, 5) is 26.9. The van der Waals surface area contributed by atoms with E-state index in [0.717, 1.165) is 67.5 Å². The van der Waals surface area contributed by atoms with Crippen molar-refractivity contribution in [2.75, 3.05) is 39.1 Å². The van der Waals surface area contributed by atoms with Gasteiger partial charge in [-0.2, -0.15) is 0 Å². The number of aryl methyl sites for hydroxylation is 1. The van der Waals surface area contributed by atoms with Gasteiger partial charge in [0.15, 0.2) is 5.82 Å². The Balaban J connectivity index is 1.46. The molecule has 4 rings (SSSR count). The molecule has 1 atom stereocenters. The number of rotatable bonds is 6. The van der Waals surface area contributed by atoms with Crippen LogP contribution in [0.2, 0.25) is 0 Å². The van der Waals surface area contributed by atoms with E-state index < -0.39 is 0 Å². The van der Waals surface area contributed by atoms with Gasteiger partial charge in [-0.25, -0.2) is 9.97 Å². The number of aromatic nitrogens is 2. The average Bonchev–Trinajstić information content (AvgIpc) is 3.24. The molecule has 2 aliphatic heterocycles. The molecule has 2 aromatic rings. The largest absolute Gasteiger partial charge is 0.493 e. The monoisotopic (exact) mass is 409 g/mol. The summed E-state index contributed by atoms with van der Waals surface area (Å²) in [5, 5.41) is 3.24. The summed E-state index contributed by atoms with van der Waals surface area (Å²) in [7, 11) is 4.02. The van der Waals surface area contributed by atoms with Crippen molar-refractivity contribution in [3.8, 4) is 5.75 Å². The van der Waals surface area contributed by atoms with Gasteiger partial charge in [0.25, 0.3) is 0 Å². The Bertz CT molecular complexity index is 916. The molecule has 2 aliphatic rings. The highest BCUT2D eigenvalue weighted by molar-refractivity contribution is 5.77. The lowest BCUT2D eigenvalue weighted by Crippen LogP contribution is -2.34. The topological polar surface area (TPSA) is 70.6 Å². The van der Waals surface area contributed by atoms with E-state index in [9.17, 15) is 4.79 Å². The van der Waals surface area contributed by atoms with E-state index >= 15 is 0 Å². The summed E-state index contributed by atoms with van der Waals surface area (Å²) in [5.74, 6) is 2.61. The number of nitrogens with one attached hydrogen (secondary N) is 1. The van der Waals surface area contributed by atoms with Gasteiger partial charge in [0.05, 0.1) is 24.8 Å². The lowest BCUT2D eigenvalue weighted by Gasteiger charge is -2.28. The summed E-state index contributed by atoms with van der Waals surface area (Å²) in [6.07, 6.45) is 3.19. The third-order valence-electron chi connectivity index (χ3n) is 6.05. The first-order chi connectivity index (χ1) is 14.6. The second-order valence-corrected chi connectivity index (χ2v) is 8.20. The van der Waals surface area contributed by atoms with E-state index in [4.69, 9.17) is 14.7 Å². The van der Waals surface area contributed by atoms with Crippen LogP contribution >= 0.6 is 0 Å². The van der Waals surface area contributed by atoms with Gasteiger partial charge in [0, 0.05) is 32.2 Å². The van der Waals surface area contributed by atoms with Crippen molar-refractivity contribution < 1.29 is 9.53 Å². The molecule has 1 amide bonds. The first kappa shape index (κ1) is 20.6. The molecule has 1 saturated heterocycles. The summed E-state index contributed by atoms with van der Waals surface area (Å²) in [6.45, 7) is 4.98. The second kappa shape index (κ2) is 9.00. The zero-order valence-electron chi connectivity index (χ0n) is 18.1. The highest BCUT2D eigenvalue weighted by atomic mass is 16.5. The predicted molar refractivity (Wildman–Crippen MR) is 117 cm³/mol. The summed E-state index contributed by atoms with van der Waals surface area (Å²) >= 11 is 0. The SMILES string of the molecule is CNc1nc([C@H]2CCCN2C(=O)CCOc2ccccc2C)nc2c1CCN(C)C2. The van der Waals surface area contributed by atoms with E-state index in [1.165, 1.54) is 5.56 Å². The maximum atomic E-state index is 13.0. The zero-order chi connectivity index (χ0) is 21.1. The van der Waals surface area contributed by atoms with Crippen molar-refractivity contribution in [2.24, 2.45) is 0 Å². The van der Waals surface area contributed by atoms with E-state index in [0.29, 0.717) is 13.0 Å². The van der Waals surface area contributed by atoms with Crippen molar-refractivity contribution in [3.63, 3.8) is 0 Å². The Morgan fingerprint density at radius 3 is 2.90 bits per heavy atom. The number of para-hydroxylation sites is 1. The molecule has 1 aromatic carbocycles. The standard InChI is InChI=1S/C23H31N5O2/c1-16-7-4-5-9-20(16)30-14-11-21(29)28-12-6-8-19(28)23-25-18-15-27(3)13-10-17(18)22(24-2)26-23/h4-5,7,9,19H,6,8,10-15H2,1-3H3,(H,24,25,26)/t19-/m1/s1. The van der Waals surface area contributed by atoms with Crippen molar-refractivity contribution in [2.45, 2.75) is 45.2 Å². The maximum Gasteiger partial charge on any atom is 0.226 e. The molecule has 1 aromatic heterocycles. The van der Waals surface area contributed by atoms with Crippen molar-refractivity contribution >= 4 is 11.7 Å². The molecule has 30 heavy (non-hydrogen) atoms. The minimum atomic E-state index is -0.0550. The lowest BCUT2D eigenvalue weighted by atomic mass is 10.0. The summed E-state index contributed by atoms with van der Waals surface area (Å²) < 4.78 is 5.84. The molecule has 0 unspecified atom stereocenters. The van der Waals surface area contributed by atoms with E-state index in [1.807, 2.05) is 43.1 Å². The Kier molecular flexibility index (Phi) is 6.18. The van der Waals surface area contributed by atoms with E-state index in [-0.39, 0.29) is 11.9 Å². The number of hydrogen-bond donors (Lipinski definition) is 1. The number of amides is 1. The number of likely N-dealkylation sites (tertiary alicyclic amines) is 1. The molecule has 1 fully saturated rings. The molecule has 7 heteroatoms. The number of fused-ring (bicyclic) bond motifs is 1. The van der Waals surface area contributed by atoms with Crippen molar-refractivity contribution in [1.29, 1.82) is 0 Å². The maximum absolute atomic E-state index is 13.0. The average molecular weight is 410 g/mol. The molecular formula is C23H31N5O2. The lowest BCUT2D eigenvalue weighted by molar-refractivity contribution is -0.132. The molecular weight excluding hydrogens is 378 g/mol. The van der Waals surface area contributed by atoms with Crippen LogP contribution in [0.4, 0.5) is 5.82 Å². The highest BCUT2D eigenvalue weighted by Gasteiger charge is 2.33. The smallest absolute Gasteiger partial charge is 0.226 e. The van der Waals surface area contributed by atoms with Gasteiger partial charge in [-0.1, -0.05) is 18.2 Å². The predicted octanol–water partition coefficient (Wildman–Crippen LogP) is 2.95. The molecule has 1 N–H and O–H groups in total. The normalized spacial score (nSPS) is 18.9. The first-order valence-corrected chi connectivity index (χ1v) is 10.8. The number of carbonyl (C=O) groups is 1. The van der Waals surface area contributed by atoms with Crippen LogP contribution in [-0.2, 0) is 17.8 Å². The molecule has 160 valence electrons. The highest BCUT2D eigenvalue weighted by Crippen LogP contribution is 2.33. The Labute approximate surface area is 178 Å². The third-order valence-corrected chi connectivity index (χ3v) is 6.05. The molecule has 0 spiro atoms. The van der Waals surface area contributed by atoms with E-state index in [2.05, 4.69) is 17.3 Å². The van der Waals surface area contributed by atoms with Gasteiger partial charge < -0.3 is 19.9 Å². The van der Waals surface area contributed by atoms with Gasteiger partial charge >= 0.3 is 0 Å². The van der Waals surface area contributed by atoms with Crippen LogP contribution in [0, 0.1) is 6.92 Å². The number of ether oxygens (including phenoxy) is 1. The molecule has 0 bridgehead atoms. The summed E-state index contributed by atoms with van der Waals surface area (Å²) in [6, 6.07) is 7.83. The van der Waals surface area contributed by atoms with Crippen LogP contribution in [0.3, 0.4) is 0 Å². The van der Waals surface area contributed by atoms with E-state index in [1.54, 1.807) is 0 Å². The van der Waals surface area contributed by atoms with Crippen LogP contribution in [-0.4, -0.2) is 59.5 Å². The number of likely N-dealkylation sites (N-methyl/N-ethyl adjacent to an activating group) is 1. The van der Waals surface area contributed by atoms with Gasteiger partial charge in [-0.05, 0) is 44.9 Å². The zero-order valence-corrected chi connectivity index (χ0v) is 18.1. The summed E-state index contributed by atoms with van der Waals surface area (Å²) in [5.41, 5.74) is 3.37. The number of anilines is 1. The van der Waals surface area contributed by atoms with Gasteiger partial charge in [0.1, 0.15) is 11.6 Å². The van der Waals surface area contributed by atoms with Crippen molar-refractivity contribution in [3.05, 3.63) is 46.9 Å². The fourth-order valence-electron chi connectivity index (χ4n) is 4.38. The Morgan fingerprint density at radius 1 is 1.27 bits per heavy atom. The first-order valence-electron chi connectivity index (χ1n) is 10.8. The Hall–Kier alpha value is -2.67. The number of carbonyl (C=O) groups excluding carboxylic acids is 1. The molecule has 7 nitrogen and oxygen atoms in total. The van der Waals surface area contributed by atoms with Gasteiger partial charge in [-0.3, -0.25) is 4.79 Å². The molecule has 0 saturated carbocycles. The fraction of sp³-hybridized carbons (Fsp3) is 0.522. The minimum absolute atomic E-state index is 0.0550. The third kappa shape index (κ3) is 4.26. The Morgan fingerprint density at radius 2 is 2.10 bits per heavy atom. The quantitative estimate of drug-likeness (QED) is 0.791. The van der Waals surface area contributed by atoms with Crippen molar-refractivity contribution in [1.82, 2.24) is 19.8 Å². The van der Waals surface area contributed by atoms with Gasteiger partial charge in [-0.15, -0.1) is 0 Å². The van der Waals surface area contributed by atoms with Crippen LogP contribution < -0.4 is 10.1 Å². The number of nitrogens with zero attached hydrogens (tertiary/aromatic N) is 4. The second-order valence-electron chi connectivity index (χ2n) is 8.20. The number of benzene rings is 1. The van der Waals surface area contributed by atoms with Crippen LogP contribution in [0.25, 0.3) is 0 Å². The van der Waals surface area contributed by atoms with Crippen LogP contribution in [0.1, 0.15) is 47.9 Å². The van der Waals surface area contributed by atoms with Gasteiger partial charge in [0.2, 0.25) is 5.91 Å².